The van der Waals surface area contributed by atoms with E-state index in [1.807, 2.05) is 24.3 Å². The van der Waals surface area contributed by atoms with E-state index in [2.05, 4.69) is 48.5 Å². The molecule has 2 atom stereocenters. The van der Waals surface area contributed by atoms with Gasteiger partial charge in [-0.3, -0.25) is 0 Å². The summed E-state index contributed by atoms with van der Waals surface area (Å²) in [4.78, 5) is 0. The third-order valence-electron chi connectivity index (χ3n) is 7.96. The molecule has 0 spiro atoms. The lowest BCUT2D eigenvalue weighted by Gasteiger charge is -2.19. The van der Waals surface area contributed by atoms with Crippen LogP contribution in [0.1, 0.15) is 22.3 Å². The minimum absolute atomic E-state index is 0.126. The zero-order valence-electron chi connectivity index (χ0n) is 23.3. The summed E-state index contributed by atoms with van der Waals surface area (Å²) < 4.78 is 22.2. The summed E-state index contributed by atoms with van der Waals surface area (Å²) in [6.07, 6.45) is 1.58. The fourth-order valence-electron chi connectivity index (χ4n) is 5.79. The Balaban J connectivity index is 1.26. The van der Waals surface area contributed by atoms with Gasteiger partial charge >= 0.3 is 0 Å². The number of fused-ring (bicyclic) bond motifs is 2. The van der Waals surface area contributed by atoms with Crippen LogP contribution in [-0.2, 0) is 22.3 Å². The minimum atomic E-state index is 0.126. The first-order valence-corrected chi connectivity index (χ1v) is 14.2. The minimum Gasteiger partial charge on any atom is -0.486 e. The van der Waals surface area contributed by atoms with E-state index in [0.717, 1.165) is 11.1 Å². The molecular weight excluding hydrogens is 528 g/mol. The Morgan fingerprint density at radius 3 is 1.14 bits per heavy atom. The molecule has 0 bridgehead atoms. The van der Waals surface area contributed by atoms with E-state index in [-0.39, 0.29) is 12.2 Å². The number of rotatable bonds is 10. The molecule has 8 N–H and O–H groups in total. The Bertz CT molecular complexity index is 1580. The molecule has 214 valence electrons. The van der Waals surface area contributed by atoms with Crippen molar-refractivity contribution in [3.63, 3.8) is 0 Å². The lowest BCUT2D eigenvalue weighted by molar-refractivity contribution is 0.265. The number of nitrogen functional groups attached to an aromatic ring is 4. The van der Waals surface area contributed by atoms with E-state index in [4.69, 9.17) is 41.9 Å². The van der Waals surface area contributed by atoms with Crippen LogP contribution in [0, 0.1) is 0 Å². The maximum Gasteiger partial charge on any atom is 0.165 e. The van der Waals surface area contributed by atoms with Gasteiger partial charge in [-0.2, -0.15) is 0 Å². The van der Waals surface area contributed by atoms with Crippen molar-refractivity contribution in [2.45, 2.75) is 25.0 Å². The molecular formula is C34H34N4O4. The molecule has 2 saturated heterocycles. The van der Waals surface area contributed by atoms with Crippen molar-refractivity contribution in [3.05, 3.63) is 95.1 Å². The van der Waals surface area contributed by atoms with Crippen LogP contribution < -0.4 is 32.4 Å². The first-order chi connectivity index (χ1) is 20.4. The van der Waals surface area contributed by atoms with Gasteiger partial charge in [0.1, 0.15) is 25.4 Å². The fourth-order valence-corrected chi connectivity index (χ4v) is 5.79. The van der Waals surface area contributed by atoms with Gasteiger partial charge in [-0.25, -0.2) is 0 Å². The van der Waals surface area contributed by atoms with Gasteiger partial charge in [-0.15, -0.1) is 0 Å². The second-order valence-electron chi connectivity index (χ2n) is 11.1. The number of hydrogen-bond donors (Lipinski definition) is 4. The van der Waals surface area contributed by atoms with Gasteiger partial charge in [0.15, 0.2) is 11.5 Å². The SMILES string of the molecule is Nc1cc(Cc2c3ccccc3c(Cc3cc(N)c(OCC4CO4)c(N)c3)c3ccccc23)cc(N)c1OCC1CO1. The number of epoxide rings is 2. The van der Waals surface area contributed by atoms with Crippen LogP contribution in [0.25, 0.3) is 21.5 Å². The molecule has 8 heteroatoms. The van der Waals surface area contributed by atoms with Gasteiger partial charge in [0.2, 0.25) is 0 Å². The normalized spacial score (nSPS) is 17.4. The third-order valence-corrected chi connectivity index (χ3v) is 7.96. The molecule has 0 radical (unpaired) electrons. The maximum absolute atomic E-state index is 6.41. The third kappa shape index (κ3) is 5.22. The lowest BCUT2D eigenvalue weighted by atomic mass is 9.86. The second-order valence-corrected chi connectivity index (χ2v) is 11.1. The van der Waals surface area contributed by atoms with Crippen LogP contribution in [0.2, 0.25) is 0 Å². The number of anilines is 4. The number of nitrogens with two attached hydrogens (primary N) is 4. The molecule has 5 aromatic carbocycles. The highest BCUT2D eigenvalue weighted by molar-refractivity contribution is 6.06. The monoisotopic (exact) mass is 562 g/mol. The van der Waals surface area contributed by atoms with E-state index >= 15 is 0 Å². The topological polar surface area (TPSA) is 148 Å². The molecule has 5 aromatic rings. The number of hydrogen-bond acceptors (Lipinski definition) is 8. The zero-order valence-corrected chi connectivity index (χ0v) is 23.3. The van der Waals surface area contributed by atoms with Crippen LogP contribution in [0.3, 0.4) is 0 Å². The van der Waals surface area contributed by atoms with Crippen molar-refractivity contribution < 1.29 is 18.9 Å². The molecule has 42 heavy (non-hydrogen) atoms. The largest absolute Gasteiger partial charge is 0.486 e. The predicted molar refractivity (Wildman–Crippen MR) is 168 cm³/mol. The summed E-state index contributed by atoms with van der Waals surface area (Å²) in [7, 11) is 0. The molecule has 0 saturated carbocycles. The highest BCUT2D eigenvalue weighted by atomic mass is 16.6. The molecule has 0 aromatic heterocycles. The van der Waals surface area contributed by atoms with Gasteiger partial charge in [0.25, 0.3) is 0 Å². The predicted octanol–water partition coefficient (Wildman–Crippen LogP) is 5.06. The molecule has 2 fully saturated rings. The van der Waals surface area contributed by atoms with Crippen LogP contribution >= 0.6 is 0 Å². The van der Waals surface area contributed by atoms with Gasteiger partial charge in [-0.1, -0.05) is 48.5 Å². The standard InChI is InChI=1S/C34H34N4O4/c35-29-11-19(12-30(36)33(29)41-17-21-15-39-21)9-27-23-5-1-2-6-24(23)28(26-8-4-3-7-25(26)27)10-20-13-31(37)34(32(38)14-20)42-18-22-16-40-22/h1-8,11-14,21-22H,9-10,15-18,35-38H2. The molecule has 2 heterocycles. The van der Waals surface area contributed by atoms with Gasteiger partial charge in [0, 0.05) is 0 Å². The lowest BCUT2D eigenvalue weighted by Crippen LogP contribution is -2.09. The maximum atomic E-state index is 6.41. The van der Waals surface area contributed by atoms with E-state index in [0.29, 0.717) is 73.5 Å². The fraction of sp³-hybridized carbons (Fsp3) is 0.235. The van der Waals surface area contributed by atoms with E-state index in [1.165, 1.54) is 32.7 Å². The van der Waals surface area contributed by atoms with E-state index in [9.17, 15) is 0 Å². The summed E-state index contributed by atoms with van der Waals surface area (Å²) in [5.74, 6) is 1.05. The van der Waals surface area contributed by atoms with Crippen LogP contribution in [0.15, 0.2) is 72.8 Å². The van der Waals surface area contributed by atoms with Gasteiger partial charge < -0.3 is 41.9 Å². The number of benzene rings is 5. The van der Waals surface area contributed by atoms with E-state index < -0.39 is 0 Å². The Kier molecular flexibility index (Phi) is 6.64. The smallest absolute Gasteiger partial charge is 0.165 e. The quantitative estimate of drug-likeness (QED) is 0.105. The van der Waals surface area contributed by atoms with Crippen molar-refractivity contribution in [3.8, 4) is 11.5 Å². The van der Waals surface area contributed by atoms with Crippen molar-refractivity contribution in [2.75, 3.05) is 49.4 Å². The Morgan fingerprint density at radius 1 is 0.548 bits per heavy atom. The Morgan fingerprint density at radius 2 is 0.857 bits per heavy atom. The van der Waals surface area contributed by atoms with Crippen LogP contribution in [0.4, 0.5) is 22.7 Å². The van der Waals surface area contributed by atoms with E-state index in [1.54, 1.807) is 0 Å². The average Bonchev–Trinajstić information content (AvgIpc) is 3.90. The summed E-state index contributed by atoms with van der Waals surface area (Å²) in [6.45, 7) is 2.33. The second kappa shape index (κ2) is 10.6. The van der Waals surface area contributed by atoms with Crippen molar-refractivity contribution in [1.29, 1.82) is 0 Å². The molecule has 2 unspecified atom stereocenters. The summed E-state index contributed by atoms with van der Waals surface area (Å²) in [5, 5.41) is 4.72. The average molecular weight is 563 g/mol. The molecule has 8 nitrogen and oxygen atoms in total. The van der Waals surface area contributed by atoms with Gasteiger partial charge in [0.05, 0.1) is 36.0 Å². The Labute approximate surface area is 244 Å². The molecule has 0 amide bonds. The summed E-state index contributed by atoms with van der Waals surface area (Å²) in [5.41, 5.74) is 32.2. The Hall–Kier alpha value is -4.66. The van der Waals surface area contributed by atoms with Crippen LogP contribution in [0.5, 0.6) is 11.5 Å². The first-order valence-electron chi connectivity index (χ1n) is 14.2. The molecule has 2 aliphatic heterocycles. The van der Waals surface area contributed by atoms with Crippen LogP contribution in [-0.4, -0.2) is 38.6 Å². The molecule has 7 rings (SSSR count). The van der Waals surface area contributed by atoms with Gasteiger partial charge in [-0.05, 0) is 80.9 Å². The highest BCUT2D eigenvalue weighted by Gasteiger charge is 2.25. The molecule has 0 aliphatic carbocycles. The van der Waals surface area contributed by atoms with Crippen molar-refractivity contribution in [1.82, 2.24) is 0 Å². The highest BCUT2D eigenvalue weighted by Crippen LogP contribution is 2.39. The van der Waals surface area contributed by atoms with Crippen molar-refractivity contribution in [2.24, 2.45) is 0 Å². The zero-order chi connectivity index (χ0) is 28.8. The number of ether oxygens (including phenoxy) is 4. The molecule has 2 aliphatic rings. The summed E-state index contributed by atoms with van der Waals surface area (Å²) >= 11 is 0. The first kappa shape index (κ1) is 26.3. The summed E-state index contributed by atoms with van der Waals surface area (Å²) in [6, 6.07) is 24.9. The van der Waals surface area contributed by atoms with Crippen molar-refractivity contribution >= 4 is 44.3 Å².